The van der Waals surface area contributed by atoms with Crippen LogP contribution >= 0.6 is 33.9 Å². The quantitative estimate of drug-likeness (QED) is 0.418. The number of aryl methyl sites for hydroxylation is 1. The Balaban J connectivity index is 1.71. The normalized spacial score (nSPS) is 11.1. The van der Waals surface area contributed by atoms with E-state index in [1.165, 1.54) is 3.57 Å². The maximum atomic E-state index is 4.78. The molecule has 5 nitrogen and oxygen atoms in total. The van der Waals surface area contributed by atoms with Crippen LogP contribution in [0.15, 0.2) is 48.1 Å². The van der Waals surface area contributed by atoms with Crippen molar-refractivity contribution < 1.29 is 0 Å². The third-order valence-corrected chi connectivity index (χ3v) is 5.28. The van der Waals surface area contributed by atoms with E-state index in [-0.39, 0.29) is 0 Å². The molecule has 0 radical (unpaired) electrons. The first-order valence-electron chi connectivity index (χ1n) is 8.05. The van der Waals surface area contributed by atoms with Crippen LogP contribution in [0.25, 0.3) is 17.2 Å². The second-order valence-corrected chi connectivity index (χ2v) is 7.72. The highest BCUT2D eigenvalue weighted by Gasteiger charge is 2.17. The molecule has 4 rings (SSSR count). The average molecular weight is 461 g/mol. The standard InChI is InChI=1S/C18H16IN5S/c1-2-4-14-16(24-10-3-9-20-17(24)22-14)15-11-25-18(23-15)21-13-7-5-12(19)6-8-13/h3,5-11H,2,4H2,1H3,(H,21,23). The summed E-state index contributed by atoms with van der Waals surface area (Å²) in [5.74, 6) is 0.723. The third-order valence-electron chi connectivity index (χ3n) is 3.80. The van der Waals surface area contributed by atoms with Crippen molar-refractivity contribution in [1.82, 2.24) is 19.4 Å². The van der Waals surface area contributed by atoms with Crippen molar-refractivity contribution in [2.75, 3.05) is 5.32 Å². The first kappa shape index (κ1) is 16.5. The van der Waals surface area contributed by atoms with E-state index in [2.05, 4.69) is 74.4 Å². The predicted molar refractivity (Wildman–Crippen MR) is 111 cm³/mol. The van der Waals surface area contributed by atoms with Gasteiger partial charge >= 0.3 is 0 Å². The van der Waals surface area contributed by atoms with Crippen LogP contribution in [0.1, 0.15) is 19.0 Å². The van der Waals surface area contributed by atoms with Gasteiger partial charge in [-0.25, -0.2) is 15.0 Å². The van der Waals surface area contributed by atoms with Crippen molar-refractivity contribution in [2.45, 2.75) is 19.8 Å². The van der Waals surface area contributed by atoms with E-state index >= 15 is 0 Å². The lowest BCUT2D eigenvalue weighted by atomic mass is 10.2. The average Bonchev–Trinajstić information content (AvgIpc) is 3.21. The molecular formula is C18H16IN5S. The second-order valence-electron chi connectivity index (χ2n) is 5.62. The van der Waals surface area contributed by atoms with E-state index in [1.54, 1.807) is 17.5 Å². The number of nitrogens with one attached hydrogen (secondary N) is 1. The molecule has 0 saturated heterocycles. The van der Waals surface area contributed by atoms with Gasteiger partial charge in [-0.05, 0) is 59.3 Å². The Morgan fingerprint density at radius 3 is 2.84 bits per heavy atom. The summed E-state index contributed by atoms with van der Waals surface area (Å²) in [5.41, 5.74) is 4.06. The molecule has 25 heavy (non-hydrogen) atoms. The SMILES string of the molecule is CCCc1nc2ncccn2c1-c1csc(Nc2ccc(I)cc2)n1. The van der Waals surface area contributed by atoms with Gasteiger partial charge in [0.2, 0.25) is 5.78 Å². The summed E-state index contributed by atoms with van der Waals surface area (Å²) in [6.45, 7) is 2.16. The summed E-state index contributed by atoms with van der Waals surface area (Å²) in [6, 6.07) is 10.2. The lowest BCUT2D eigenvalue weighted by Gasteiger charge is -2.03. The molecular weight excluding hydrogens is 445 g/mol. The molecule has 7 heteroatoms. The molecule has 0 aliphatic carbocycles. The van der Waals surface area contributed by atoms with Crippen molar-refractivity contribution >= 4 is 50.5 Å². The summed E-state index contributed by atoms with van der Waals surface area (Å²) in [6.07, 6.45) is 5.72. The summed E-state index contributed by atoms with van der Waals surface area (Å²) in [7, 11) is 0. The van der Waals surface area contributed by atoms with E-state index < -0.39 is 0 Å². The number of thiazole rings is 1. The number of hydrogen-bond donors (Lipinski definition) is 1. The van der Waals surface area contributed by atoms with Crippen molar-refractivity contribution in [3.05, 3.63) is 57.4 Å². The van der Waals surface area contributed by atoms with Gasteiger partial charge in [0.1, 0.15) is 5.69 Å². The lowest BCUT2D eigenvalue weighted by Crippen LogP contribution is -1.94. The second kappa shape index (κ2) is 7.09. The molecule has 0 saturated carbocycles. The number of benzene rings is 1. The largest absolute Gasteiger partial charge is 0.332 e. The van der Waals surface area contributed by atoms with Gasteiger partial charge in [-0.1, -0.05) is 13.3 Å². The van der Waals surface area contributed by atoms with Crippen LogP contribution in [-0.4, -0.2) is 19.4 Å². The Hall–Kier alpha value is -2.00. The number of nitrogens with zero attached hydrogens (tertiary/aromatic N) is 4. The molecule has 3 heterocycles. The summed E-state index contributed by atoms with van der Waals surface area (Å²) < 4.78 is 3.24. The molecule has 0 amide bonds. The van der Waals surface area contributed by atoms with Crippen LogP contribution in [0.4, 0.5) is 10.8 Å². The van der Waals surface area contributed by atoms with E-state index in [0.29, 0.717) is 0 Å². The van der Waals surface area contributed by atoms with Crippen LogP contribution in [0.2, 0.25) is 0 Å². The zero-order valence-corrected chi connectivity index (χ0v) is 16.6. The number of anilines is 2. The molecule has 3 aromatic heterocycles. The molecule has 0 fully saturated rings. The third kappa shape index (κ3) is 3.38. The van der Waals surface area contributed by atoms with Gasteiger partial charge in [0, 0.05) is 27.0 Å². The zero-order chi connectivity index (χ0) is 17.2. The zero-order valence-electron chi connectivity index (χ0n) is 13.6. The van der Waals surface area contributed by atoms with Crippen molar-refractivity contribution in [3.63, 3.8) is 0 Å². The predicted octanol–water partition coefficient (Wildman–Crippen LogP) is 5.15. The summed E-state index contributed by atoms with van der Waals surface area (Å²) >= 11 is 3.90. The van der Waals surface area contributed by atoms with Gasteiger partial charge in [-0.3, -0.25) is 4.40 Å². The highest BCUT2D eigenvalue weighted by atomic mass is 127. The fourth-order valence-electron chi connectivity index (χ4n) is 2.71. The Bertz CT molecular complexity index is 1010. The van der Waals surface area contributed by atoms with E-state index in [4.69, 9.17) is 4.98 Å². The molecule has 4 aromatic rings. The summed E-state index contributed by atoms with van der Waals surface area (Å²) in [5, 5.41) is 6.32. The highest BCUT2D eigenvalue weighted by molar-refractivity contribution is 14.1. The van der Waals surface area contributed by atoms with Gasteiger partial charge in [0.15, 0.2) is 5.13 Å². The number of imidazole rings is 1. The van der Waals surface area contributed by atoms with Crippen molar-refractivity contribution in [1.29, 1.82) is 0 Å². The molecule has 0 bridgehead atoms. The monoisotopic (exact) mass is 461 g/mol. The lowest BCUT2D eigenvalue weighted by molar-refractivity contribution is 0.894. The minimum atomic E-state index is 0.723. The van der Waals surface area contributed by atoms with E-state index in [9.17, 15) is 0 Å². The fraction of sp³-hybridized carbons (Fsp3) is 0.167. The minimum absolute atomic E-state index is 0.723. The minimum Gasteiger partial charge on any atom is -0.332 e. The van der Waals surface area contributed by atoms with Gasteiger partial charge in [-0.2, -0.15) is 0 Å². The molecule has 0 spiro atoms. The molecule has 0 aliphatic heterocycles. The molecule has 0 atom stereocenters. The van der Waals surface area contributed by atoms with Gasteiger partial charge in [0.25, 0.3) is 0 Å². The maximum absolute atomic E-state index is 4.78. The highest BCUT2D eigenvalue weighted by Crippen LogP contribution is 2.30. The summed E-state index contributed by atoms with van der Waals surface area (Å²) in [4.78, 5) is 13.8. The number of halogens is 1. The fourth-order valence-corrected chi connectivity index (χ4v) is 3.79. The van der Waals surface area contributed by atoms with Crippen LogP contribution in [0, 0.1) is 3.57 Å². The van der Waals surface area contributed by atoms with Crippen molar-refractivity contribution in [2.24, 2.45) is 0 Å². The number of aromatic nitrogens is 4. The molecule has 1 N–H and O–H groups in total. The number of hydrogen-bond acceptors (Lipinski definition) is 5. The van der Waals surface area contributed by atoms with Crippen LogP contribution < -0.4 is 5.32 Å². The number of rotatable bonds is 5. The molecule has 126 valence electrons. The van der Waals surface area contributed by atoms with E-state index in [1.807, 2.05) is 16.7 Å². The number of fused-ring (bicyclic) bond motifs is 1. The Kier molecular flexibility index (Phi) is 4.67. The van der Waals surface area contributed by atoms with Gasteiger partial charge in [0.05, 0.1) is 11.4 Å². The topological polar surface area (TPSA) is 55.1 Å². The van der Waals surface area contributed by atoms with Crippen LogP contribution in [0.3, 0.4) is 0 Å². The first-order valence-corrected chi connectivity index (χ1v) is 10.0. The Morgan fingerprint density at radius 2 is 2.04 bits per heavy atom. The van der Waals surface area contributed by atoms with Gasteiger partial charge < -0.3 is 5.32 Å². The maximum Gasteiger partial charge on any atom is 0.234 e. The Labute approximate surface area is 163 Å². The smallest absolute Gasteiger partial charge is 0.234 e. The molecule has 0 aliphatic rings. The Morgan fingerprint density at radius 1 is 1.20 bits per heavy atom. The van der Waals surface area contributed by atoms with Crippen LogP contribution in [0.5, 0.6) is 0 Å². The van der Waals surface area contributed by atoms with E-state index in [0.717, 1.165) is 46.5 Å². The van der Waals surface area contributed by atoms with Crippen LogP contribution in [-0.2, 0) is 6.42 Å². The van der Waals surface area contributed by atoms with Crippen molar-refractivity contribution in [3.8, 4) is 11.4 Å². The molecule has 0 unspecified atom stereocenters. The van der Waals surface area contributed by atoms with Gasteiger partial charge in [-0.15, -0.1) is 11.3 Å². The first-order chi connectivity index (χ1) is 12.2. The molecule has 1 aromatic carbocycles.